The Kier molecular flexibility index (Phi) is 6.74. The summed E-state index contributed by atoms with van der Waals surface area (Å²) in [7, 11) is 3.92. The smallest absolute Gasteiger partial charge is 0.119 e. The molecule has 0 radical (unpaired) electrons. The minimum absolute atomic E-state index is 0.100. The highest BCUT2D eigenvalue weighted by Crippen LogP contribution is 2.49. The SMILES string of the molecule is CC(C)(CCSSCCC(C)(C)C1C=C(O)c2ccccc21)C1C=C(O)c2ccccc21. The van der Waals surface area contributed by atoms with Gasteiger partial charge in [-0.2, -0.15) is 0 Å². The maximum atomic E-state index is 10.3. The first-order valence-corrected chi connectivity index (χ1v) is 13.9. The van der Waals surface area contributed by atoms with Gasteiger partial charge in [-0.25, -0.2) is 0 Å². The first-order chi connectivity index (χ1) is 15.2. The van der Waals surface area contributed by atoms with Crippen LogP contribution >= 0.6 is 21.6 Å². The lowest BCUT2D eigenvalue weighted by atomic mass is 9.74. The van der Waals surface area contributed by atoms with E-state index in [1.165, 1.54) is 11.1 Å². The van der Waals surface area contributed by atoms with E-state index in [-0.39, 0.29) is 22.7 Å². The third-order valence-electron chi connectivity index (χ3n) is 7.22. The van der Waals surface area contributed by atoms with Gasteiger partial charge < -0.3 is 10.2 Å². The molecule has 32 heavy (non-hydrogen) atoms. The van der Waals surface area contributed by atoms with E-state index in [9.17, 15) is 10.2 Å². The van der Waals surface area contributed by atoms with Crippen LogP contribution in [-0.2, 0) is 0 Å². The molecule has 0 fully saturated rings. The number of allylic oxidation sites excluding steroid dienone is 2. The molecule has 4 heteroatoms. The molecule has 2 aliphatic rings. The summed E-state index contributed by atoms with van der Waals surface area (Å²) in [5.74, 6) is 3.58. The Hall–Kier alpha value is -1.78. The Morgan fingerprint density at radius 1 is 0.656 bits per heavy atom. The average molecular weight is 467 g/mol. The zero-order valence-corrected chi connectivity index (χ0v) is 21.1. The molecule has 0 heterocycles. The molecular formula is C28H34O2S2. The van der Waals surface area contributed by atoms with Crippen LogP contribution in [0.4, 0.5) is 0 Å². The molecule has 0 aromatic heterocycles. The van der Waals surface area contributed by atoms with Crippen LogP contribution in [-0.4, -0.2) is 21.7 Å². The van der Waals surface area contributed by atoms with Crippen LogP contribution in [0, 0.1) is 10.8 Å². The molecule has 4 rings (SSSR count). The molecule has 0 saturated carbocycles. The van der Waals surface area contributed by atoms with Crippen molar-refractivity contribution in [3.8, 4) is 0 Å². The lowest BCUT2D eigenvalue weighted by molar-refractivity contribution is 0.316. The van der Waals surface area contributed by atoms with Gasteiger partial charge in [0.1, 0.15) is 11.5 Å². The van der Waals surface area contributed by atoms with Crippen LogP contribution in [0.5, 0.6) is 0 Å². The van der Waals surface area contributed by atoms with Crippen LogP contribution in [0.25, 0.3) is 11.5 Å². The van der Waals surface area contributed by atoms with Crippen molar-refractivity contribution in [3.63, 3.8) is 0 Å². The van der Waals surface area contributed by atoms with E-state index in [2.05, 4.69) is 52.0 Å². The number of hydrogen-bond acceptors (Lipinski definition) is 4. The number of hydrogen-bond donors (Lipinski definition) is 2. The fourth-order valence-electron chi connectivity index (χ4n) is 5.01. The summed E-state index contributed by atoms with van der Waals surface area (Å²) >= 11 is 0. The molecule has 2 aromatic rings. The average Bonchev–Trinajstić information content (AvgIpc) is 3.29. The van der Waals surface area contributed by atoms with Crippen LogP contribution in [0.2, 0.25) is 0 Å². The number of rotatable bonds is 9. The van der Waals surface area contributed by atoms with Crippen LogP contribution in [0.1, 0.15) is 74.6 Å². The molecule has 2 nitrogen and oxygen atoms in total. The summed E-state index contributed by atoms with van der Waals surface area (Å²) in [6.45, 7) is 9.25. The van der Waals surface area contributed by atoms with Gasteiger partial charge in [0.05, 0.1) is 0 Å². The van der Waals surface area contributed by atoms with E-state index >= 15 is 0 Å². The van der Waals surface area contributed by atoms with E-state index in [1.807, 2.05) is 58.0 Å². The summed E-state index contributed by atoms with van der Waals surface area (Å²) in [5.41, 5.74) is 4.68. The fourth-order valence-corrected chi connectivity index (χ4v) is 7.67. The quantitative estimate of drug-likeness (QED) is 0.287. The van der Waals surface area contributed by atoms with Crippen LogP contribution in [0.15, 0.2) is 60.7 Å². The maximum absolute atomic E-state index is 10.3. The molecule has 2 aromatic carbocycles. The predicted octanol–water partition coefficient (Wildman–Crippen LogP) is 8.59. The van der Waals surface area contributed by atoms with Crippen molar-refractivity contribution in [3.05, 3.63) is 82.9 Å². The summed E-state index contributed by atoms with van der Waals surface area (Å²) in [6.07, 6.45) is 6.27. The summed E-state index contributed by atoms with van der Waals surface area (Å²) in [5, 5.41) is 20.7. The maximum Gasteiger partial charge on any atom is 0.119 e. The van der Waals surface area contributed by atoms with Crippen molar-refractivity contribution in [2.24, 2.45) is 10.8 Å². The third kappa shape index (κ3) is 4.63. The number of benzene rings is 2. The Bertz CT molecular complexity index is 952. The number of aliphatic hydroxyl groups excluding tert-OH is 2. The molecule has 0 spiro atoms. The zero-order chi connectivity index (χ0) is 22.9. The minimum Gasteiger partial charge on any atom is -0.508 e. The second kappa shape index (κ2) is 9.23. The monoisotopic (exact) mass is 466 g/mol. The molecule has 2 aliphatic carbocycles. The highest BCUT2D eigenvalue weighted by atomic mass is 33.1. The Morgan fingerprint density at radius 2 is 1.03 bits per heavy atom. The van der Waals surface area contributed by atoms with E-state index in [1.54, 1.807) is 0 Å². The van der Waals surface area contributed by atoms with E-state index in [4.69, 9.17) is 0 Å². The molecule has 0 bridgehead atoms. The van der Waals surface area contributed by atoms with Crippen molar-refractivity contribution < 1.29 is 10.2 Å². The van der Waals surface area contributed by atoms with Crippen molar-refractivity contribution in [1.82, 2.24) is 0 Å². The van der Waals surface area contributed by atoms with E-state index in [0.717, 1.165) is 35.5 Å². The van der Waals surface area contributed by atoms with Gasteiger partial charge in [0.25, 0.3) is 0 Å². The zero-order valence-electron chi connectivity index (χ0n) is 19.5. The molecule has 0 amide bonds. The van der Waals surface area contributed by atoms with Crippen molar-refractivity contribution in [2.75, 3.05) is 11.5 Å². The highest BCUT2D eigenvalue weighted by Gasteiger charge is 2.36. The Balaban J connectivity index is 1.25. The van der Waals surface area contributed by atoms with Crippen molar-refractivity contribution in [2.45, 2.75) is 52.4 Å². The van der Waals surface area contributed by atoms with Crippen LogP contribution in [0.3, 0.4) is 0 Å². The van der Waals surface area contributed by atoms with Crippen molar-refractivity contribution in [1.29, 1.82) is 0 Å². The number of fused-ring (bicyclic) bond motifs is 2. The van der Waals surface area contributed by atoms with E-state index < -0.39 is 0 Å². The first-order valence-electron chi connectivity index (χ1n) is 11.5. The van der Waals surface area contributed by atoms with Gasteiger partial charge in [-0.3, -0.25) is 0 Å². The van der Waals surface area contributed by atoms with E-state index in [0.29, 0.717) is 11.5 Å². The first kappa shape index (κ1) is 23.4. The van der Waals surface area contributed by atoms with Gasteiger partial charge in [0.15, 0.2) is 0 Å². The summed E-state index contributed by atoms with van der Waals surface area (Å²) in [4.78, 5) is 0. The van der Waals surface area contributed by atoms with Gasteiger partial charge in [-0.15, -0.1) is 0 Å². The highest BCUT2D eigenvalue weighted by molar-refractivity contribution is 8.76. The van der Waals surface area contributed by atoms with Crippen molar-refractivity contribution >= 4 is 33.1 Å². The Morgan fingerprint density at radius 3 is 1.44 bits per heavy atom. The second-order valence-corrected chi connectivity index (χ2v) is 13.1. The van der Waals surface area contributed by atoms with Gasteiger partial charge in [0.2, 0.25) is 0 Å². The molecular weight excluding hydrogens is 432 g/mol. The topological polar surface area (TPSA) is 40.5 Å². The van der Waals surface area contributed by atoms with Gasteiger partial charge >= 0.3 is 0 Å². The van der Waals surface area contributed by atoms with Crippen LogP contribution < -0.4 is 0 Å². The normalized spacial score (nSPS) is 20.0. The summed E-state index contributed by atoms with van der Waals surface area (Å²) < 4.78 is 0. The number of aliphatic hydroxyl groups is 2. The second-order valence-electron chi connectivity index (χ2n) is 10.4. The molecule has 0 saturated heterocycles. The standard InChI is InChI=1S/C28H34O2S2/c1-27(2,23-17-25(29)21-11-7-5-9-19(21)23)13-15-31-32-16-14-28(3,4)24-18-26(30)22-12-8-6-10-20(22)24/h5-12,17-18,23-24,29-30H,13-16H2,1-4H3. The largest absolute Gasteiger partial charge is 0.508 e. The minimum atomic E-state index is 0.100. The Labute approximate surface area is 200 Å². The fraction of sp³-hybridized carbons (Fsp3) is 0.429. The third-order valence-corrected chi connectivity index (χ3v) is 9.63. The predicted molar refractivity (Wildman–Crippen MR) is 141 cm³/mol. The summed E-state index contributed by atoms with van der Waals surface area (Å²) in [6, 6.07) is 16.5. The molecule has 2 N–H and O–H groups in total. The molecule has 2 unspecified atom stereocenters. The lowest BCUT2D eigenvalue weighted by Gasteiger charge is -2.32. The van der Waals surface area contributed by atoms with Gasteiger partial charge in [-0.05, 0) is 47.0 Å². The van der Waals surface area contributed by atoms with Gasteiger partial charge in [-0.1, -0.05) is 97.8 Å². The molecule has 2 atom stereocenters. The van der Waals surface area contributed by atoms with Gasteiger partial charge in [0, 0.05) is 34.5 Å². The molecule has 170 valence electrons. The lowest BCUT2D eigenvalue weighted by Crippen LogP contribution is -2.21. The molecule has 0 aliphatic heterocycles.